The third-order valence-corrected chi connectivity index (χ3v) is 4.95. The molecule has 0 aliphatic carbocycles. The van der Waals surface area contributed by atoms with Crippen molar-refractivity contribution in [1.29, 1.82) is 0 Å². The Morgan fingerprint density at radius 2 is 1.83 bits per heavy atom. The second-order valence-electron chi connectivity index (χ2n) is 7.33. The number of nitrogens with one attached hydrogen (secondary N) is 1. The number of amides is 2. The summed E-state index contributed by atoms with van der Waals surface area (Å²) in [6.45, 7) is 6.81. The summed E-state index contributed by atoms with van der Waals surface area (Å²) in [5, 5.41) is 2.90. The highest BCUT2D eigenvalue weighted by Gasteiger charge is 2.25. The van der Waals surface area contributed by atoms with Crippen molar-refractivity contribution >= 4 is 11.8 Å². The zero-order chi connectivity index (χ0) is 21.2. The second-order valence-corrected chi connectivity index (χ2v) is 7.33. The molecule has 2 rings (SSSR count). The van der Waals surface area contributed by atoms with Crippen molar-refractivity contribution in [3.05, 3.63) is 65.2 Å². The lowest BCUT2D eigenvalue weighted by Gasteiger charge is -2.29. The van der Waals surface area contributed by atoms with E-state index < -0.39 is 6.04 Å². The summed E-state index contributed by atoms with van der Waals surface area (Å²) < 4.78 is 5.29. The Bertz CT molecular complexity index is 802. The minimum atomic E-state index is -0.543. The van der Waals surface area contributed by atoms with Crippen LogP contribution in [0.1, 0.15) is 43.4 Å². The highest BCUT2D eigenvalue weighted by molar-refractivity contribution is 5.87. The molecule has 5 nitrogen and oxygen atoms in total. The lowest BCUT2D eigenvalue weighted by molar-refractivity contribution is -0.140. The molecule has 0 radical (unpaired) electrons. The van der Waals surface area contributed by atoms with Crippen molar-refractivity contribution in [2.24, 2.45) is 0 Å². The largest absolute Gasteiger partial charge is 0.497 e. The molecule has 5 heteroatoms. The maximum atomic E-state index is 13.1. The van der Waals surface area contributed by atoms with Crippen LogP contribution in [0, 0.1) is 6.92 Å². The molecule has 0 heterocycles. The predicted molar refractivity (Wildman–Crippen MR) is 116 cm³/mol. The van der Waals surface area contributed by atoms with Gasteiger partial charge in [-0.3, -0.25) is 9.59 Å². The topological polar surface area (TPSA) is 58.6 Å². The zero-order valence-electron chi connectivity index (χ0n) is 17.9. The van der Waals surface area contributed by atoms with Gasteiger partial charge in [0.05, 0.1) is 7.11 Å². The molecular weight excluding hydrogens is 364 g/mol. The van der Waals surface area contributed by atoms with Gasteiger partial charge in [0.1, 0.15) is 11.8 Å². The zero-order valence-corrected chi connectivity index (χ0v) is 17.9. The SMILES string of the molecule is CCCNC(=O)[C@H](C)N(Cc1cccc(OC)c1)C(=O)CCc1ccc(C)cc1. The Hall–Kier alpha value is -2.82. The molecule has 0 fully saturated rings. The maximum absolute atomic E-state index is 13.1. The number of rotatable bonds is 10. The first-order valence-electron chi connectivity index (χ1n) is 10.2. The van der Waals surface area contributed by atoms with Crippen LogP contribution in [0.5, 0.6) is 5.75 Å². The van der Waals surface area contributed by atoms with Gasteiger partial charge in [-0.1, -0.05) is 48.9 Å². The number of ether oxygens (including phenoxy) is 1. The van der Waals surface area contributed by atoms with Crippen molar-refractivity contribution in [2.75, 3.05) is 13.7 Å². The van der Waals surface area contributed by atoms with Gasteiger partial charge in [0.15, 0.2) is 0 Å². The van der Waals surface area contributed by atoms with Gasteiger partial charge in [0, 0.05) is 19.5 Å². The summed E-state index contributed by atoms with van der Waals surface area (Å²) in [5.74, 6) is 0.573. The first-order valence-corrected chi connectivity index (χ1v) is 10.2. The van der Waals surface area contributed by atoms with Crippen molar-refractivity contribution in [1.82, 2.24) is 10.2 Å². The van der Waals surface area contributed by atoms with Crippen LogP contribution in [-0.4, -0.2) is 36.4 Å². The van der Waals surface area contributed by atoms with Crippen LogP contribution in [0.25, 0.3) is 0 Å². The van der Waals surface area contributed by atoms with E-state index in [2.05, 4.69) is 17.4 Å². The van der Waals surface area contributed by atoms with Gasteiger partial charge >= 0.3 is 0 Å². The number of carbonyl (C=O) groups is 2. The number of carbonyl (C=O) groups excluding carboxylic acids is 2. The second kappa shape index (κ2) is 11.2. The number of benzene rings is 2. The fourth-order valence-electron chi connectivity index (χ4n) is 3.10. The van der Waals surface area contributed by atoms with E-state index in [4.69, 9.17) is 4.74 Å². The molecule has 0 aliphatic rings. The van der Waals surface area contributed by atoms with Gasteiger partial charge in [0.25, 0.3) is 0 Å². The van der Waals surface area contributed by atoms with Crippen molar-refractivity contribution in [3.8, 4) is 5.75 Å². The third-order valence-electron chi connectivity index (χ3n) is 4.95. The van der Waals surface area contributed by atoms with Crippen molar-refractivity contribution in [3.63, 3.8) is 0 Å². The molecule has 0 unspecified atom stereocenters. The fraction of sp³-hybridized carbons (Fsp3) is 0.417. The van der Waals surface area contributed by atoms with Crippen LogP contribution in [-0.2, 0) is 22.6 Å². The maximum Gasteiger partial charge on any atom is 0.242 e. The van der Waals surface area contributed by atoms with Gasteiger partial charge in [-0.05, 0) is 49.9 Å². The van der Waals surface area contributed by atoms with Crippen LogP contribution in [0.2, 0.25) is 0 Å². The van der Waals surface area contributed by atoms with Crippen LogP contribution in [0.15, 0.2) is 48.5 Å². The van der Waals surface area contributed by atoms with E-state index in [0.29, 0.717) is 25.9 Å². The van der Waals surface area contributed by atoms with Crippen LogP contribution in [0.4, 0.5) is 0 Å². The summed E-state index contributed by atoms with van der Waals surface area (Å²) in [7, 11) is 1.62. The normalized spacial score (nSPS) is 11.6. The lowest BCUT2D eigenvalue weighted by Crippen LogP contribution is -2.47. The molecule has 0 aromatic heterocycles. The number of nitrogens with zero attached hydrogens (tertiary/aromatic N) is 1. The van der Waals surface area contributed by atoms with Crippen LogP contribution in [0.3, 0.4) is 0 Å². The van der Waals surface area contributed by atoms with E-state index in [1.54, 1.807) is 18.9 Å². The van der Waals surface area contributed by atoms with Gasteiger partial charge in [0.2, 0.25) is 11.8 Å². The Morgan fingerprint density at radius 3 is 2.48 bits per heavy atom. The minimum Gasteiger partial charge on any atom is -0.497 e. The minimum absolute atomic E-state index is 0.0347. The number of methoxy groups -OCH3 is 1. The molecule has 2 aromatic rings. The molecule has 2 amide bonds. The Balaban J connectivity index is 2.14. The van der Waals surface area contributed by atoms with E-state index in [-0.39, 0.29) is 11.8 Å². The monoisotopic (exact) mass is 396 g/mol. The summed E-state index contributed by atoms with van der Waals surface area (Å²) in [5.41, 5.74) is 3.25. The molecule has 0 spiro atoms. The van der Waals surface area contributed by atoms with Gasteiger partial charge < -0.3 is 15.0 Å². The molecule has 0 aliphatic heterocycles. The lowest BCUT2D eigenvalue weighted by atomic mass is 10.1. The Kier molecular flexibility index (Phi) is 8.71. The van der Waals surface area contributed by atoms with Gasteiger partial charge in [-0.25, -0.2) is 0 Å². The predicted octanol–water partition coefficient (Wildman–Crippen LogP) is 3.88. The summed E-state index contributed by atoms with van der Waals surface area (Å²) in [6, 6.07) is 15.3. The molecule has 1 atom stereocenters. The third kappa shape index (κ3) is 6.93. The highest BCUT2D eigenvalue weighted by Crippen LogP contribution is 2.17. The van der Waals surface area contributed by atoms with E-state index in [9.17, 15) is 9.59 Å². The highest BCUT2D eigenvalue weighted by atomic mass is 16.5. The van der Waals surface area contributed by atoms with Crippen molar-refractivity contribution in [2.45, 2.75) is 52.6 Å². The number of hydrogen-bond acceptors (Lipinski definition) is 3. The summed E-state index contributed by atoms with van der Waals surface area (Å²) in [4.78, 5) is 27.3. The molecule has 0 saturated heterocycles. The molecule has 1 N–H and O–H groups in total. The summed E-state index contributed by atoms with van der Waals surface area (Å²) >= 11 is 0. The Morgan fingerprint density at radius 1 is 1.10 bits per heavy atom. The fourth-order valence-corrected chi connectivity index (χ4v) is 3.10. The van der Waals surface area contributed by atoms with E-state index in [1.165, 1.54) is 5.56 Å². The quantitative estimate of drug-likeness (QED) is 0.663. The standard InChI is InChI=1S/C24H32N2O3/c1-5-15-25-24(28)19(3)26(17-21-7-6-8-22(16-21)29-4)23(27)14-13-20-11-9-18(2)10-12-20/h6-12,16,19H,5,13-15,17H2,1-4H3,(H,25,28)/t19-/m0/s1. The first-order chi connectivity index (χ1) is 13.9. The van der Waals surface area contributed by atoms with Gasteiger partial charge in [-0.2, -0.15) is 0 Å². The summed E-state index contributed by atoms with van der Waals surface area (Å²) in [6.07, 6.45) is 1.87. The van der Waals surface area contributed by atoms with E-state index in [1.807, 2.05) is 50.2 Å². The molecule has 0 bridgehead atoms. The van der Waals surface area contributed by atoms with Crippen molar-refractivity contribution < 1.29 is 14.3 Å². The number of aryl methyl sites for hydroxylation is 2. The molecule has 0 saturated carbocycles. The number of hydrogen-bond donors (Lipinski definition) is 1. The smallest absolute Gasteiger partial charge is 0.242 e. The average Bonchev–Trinajstić information content (AvgIpc) is 2.74. The van der Waals surface area contributed by atoms with Crippen LogP contribution >= 0.6 is 0 Å². The molecular formula is C24H32N2O3. The van der Waals surface area contributed by atoms with Crippen LogP contribution < -0.4 is 10.1 Å². The average molecular weight is 397 g/mol. The molecule has 2 aromatic carbocycles. The van der Waals surface area contributed by atoms with Gasteiger partial charge in [-0.15, -0.1) is 0 Å². The van der Waals surface area contributed by atoms with E-state index >= 15 is 0 Å². The Labute approximate surface area is 174 Å². The van der Waals surface area contributed by atoms with E-state index in [0.717, 1.165) is 23.3 Å². The molecule has 156 valence electrons. The first kappa shape index (κ1) is 22.5. The molecule has 29 heavy (non-hydrogen) atoms.